The molecule has 0 N–H and O–H groups in total. The van der Waals surface area contributed by atoms with Gasteiger partial charge in [0.1, 0.15) is 6.54 Å². The fourth-order valence-electron chi connectivity index (χ4n) is 2.29. The Morgan fingerprint density at radius 3 is 2.42 bits per heavy atom. The molecule has 0 aliphatic heterocycles. The number of benzene rings is 2. The summed E-state index contributed by atoms with van der Waals surface area (Å²) >= 11 is 0. The van der Waals surface area contributed by atoms with Gasteiger partial charge >= 0.3 is 0 Å². The zero-order chi connectivity index (χ0) is 18.6. The van der Waals surface area contributed by atoms with E-state index in [0.717, 1.165) is 0 Å². The maximum Gasteiger partial charge on any atom is 0.181 e. The second-order valence-electron chi connectivity index (χ2n) is 6.15. The second kappa shape index (κ2) is 10.7. The molecule has 0 bridgehead atoms. The number of nitriles is 1. The zero-order valence-corrected chi connectivity index (χ0v) is 15.3. The van der Waals surface area contributed by atoms with Gasteiger partial charge in [0, 0.05) is 12.4 Å². The van der Waals surface area contributed by atoms with Crippen molar-refractivity contribution in [1.29, 1.82) is 5.26 Å². The molecule has 2 aromatic carbocycles. The number of hydrogen-bond acceptors (Lipinski definition) is 2. The van der Waals surface area contributed by atoms with E-state index in [9.17, 15) is 0 Å². The van der Waals surface area contributed by atoms with Crippen LogP contribution in [0.15, 0.2) is 79.3 Å². The third kappa shape index (κ3) is 6.82. The van der Waals surface area contributed by atoms with E-state index in [0.29, 0.717) is 12.5 Å². The quantitative estimate of drug-likeness (QED) is 0.653. The summed E-state index contributed by atoms with van der Waals surface area (Å²) < 4.78 is 1.71. The lowest BCUT2D eigenvalue weighted by atomic mass is 9.70. The molecule has 0 aliphatic carbocycles. The van der Waals surface area contributed by atoms with Gasteiger partial charge in [0.25, 0.3) is 0 Å². The van der Waals surface area contributed by atoms with E-state index < -0.39 is 0 Å². The van der Waals surface area contributed by atoms with Gasteiger partial charge in [-0.2, -0.15) is 5.26 Å². The van der Waals surface area contributed by atoms with Gasteiger partial charge in [-0.05, 0) is 17.0 Å². The van der Waals surface area contributed by atoms with Crippen LogP contribution < -0.4 is 5.46 Å². The van der Waals surface area contributed by atoms with Crippen molar-refractivity contribution in [3.05, 3.63) is 90.4 Å². The minimum absolute atomic E-state index is 0.389. The molecule has 1 radical (unpaired) electrons. The van der Waals surface area contributed by atoms with Crippen molar-refractivity contribution in [3.8, 4) is 6.07 Å². The molecule has 129 valence electrons. The van der Waals surface area contributed by atoms with Gasteiger partial charge in [-0.3, -0.25) is 0 Å². The van der Waals surface area contributed by atoms with Crippen molar-refractivity contribution in [3.63, 3.8) is 0 Å². The van der Waals surface area contributed by atoms with Gasteiger partial charge < -0.3 is 4.57 Å². The lowest BCUT2D eigenvalue weighted by molar-refractivity contribution is 0.830. The molecule has 0 saturated heterocycles. The third-order valence-electron chi connectivity index (χ3n) is 3.79. The van der Waals surface area contributed by atoms with Crippen LogP contribution in [0.5, 0.6) is 0 Å². The Labute approximate surface area is 156 Å². The molecule has 1 heterocycles. The average molecular weight is 340 g/mol. The van der Waals surface area contributed by atoms with Crippen LogP contribution in [-0.2, 0) is 6.54 Å². The van der Waals surface area contributed by atoms with Crippen molar-refractivity contribution in [2.24, 2.45) is 0 Å². The van der Waals surface area contributed by atoms with Gasteiger partial charge in [-0.25, -0.2) is 4.98 Å². The van der Waals surface area contributed by atoms with Crippen molar-refractivity contribution in [2.45, 2.75) is 26.3 Å². The third-order valence-corrected chi connectivity index (χ3v) is 3.79. The molecule has 0 fully saturated rings. The Bertz CT molecular complexity index is 814. The zero-order valence-electron chi connectivity index (χ0n) is 15.3. The highest BCUT2D eigenvalue weighted by molar-refractivity contribution is 6.59. The van der Waals surface area contributed by atoms with Crippen LogP contribution in [0.4, 0.5) is 0 Å². The van der Waals surface area contributed by atoms with Crippen LogP contribution in [0.25, 0.3) is 6.08 Å². The first-order valence-electron chi connectivity index (χ1n) is 8.68. The summed E-state index contributed by atoms with van der Waals surface area (Å²) in [6.45, 7) is 4.82. The molecule has 3 aromatic rings. The molecule has 3 nitrogen and oxygen atoms in total. The Hall–Kier alpha value is -3.06. The summed E-state index contributed by atoms with van der Waals surface area (Å²) in [6, 6.07) is 21.1. The number of imidazole rings is 1. The lowest BCUT2D eigenvalue weighted by Crippen LogP contribution is -2.11. The maximum atomic E-state index is 8.14. The summed E-state index contributed by atoms with van der Waals surface area (Å²) in [5, 5.41) is 8.14. The molecule has 0 amide bonds. The van der Waals surface area contributed by atoms with Crippen LogP contribution in [-0.4, -0.2) is 16.8 Å². The number of rotatable bonds is 5. The fourth-order valence-corrected chi connectivity index (χ4v) is 2.29. The molecule has 4 heteroatoms. The highest BCUT2D eigenvalue weighted by Gasteiger charge is 1.98. The van der Waals surface area contributed by atoms with Crippen LogP contribution in [0, 0.1) is 11.3 Å². The molecule has 26 heavy (non-hydrogen) atoms. The van der Waals surface area contributed by atoms with E-state index in [1.165, 1.54) is 16.6 Å². The van der Waals surface area contributed by atoms with Crippen molar-refractivity contribution in [2.75, 3.05) is 0 Å². The van der Waals surface area contributed by atoms with Gasteiger partial charge in [0.2, 0.25) is 0 Å². The van der Waals surface area contributed by atoms with Gasteiger partial charge in [0.05, 0.1) is 12.4 Å². The Kier molecular flexibility index (Phi) is 7.96. The monoisotopic (exact) mass is 340 g/mol. The lowest BCUT2D eigenvalue weighted by Gasteiger charge is -2.05. The number of nitrogens with zero attached hydrogens (tertiary/aromatic N) is 3. The molecule has 3 rings (SSSR count). The van der Waals surface area contributed by atoms with E-state index in [-0.39, 0.29) is 0 Å². The molecule has 0 aliphatic rings. The first-order chi connectivity index (χ1) is 12.7. The smallest absolute Gasteiger partial charge is 0.181 e. The van der Waals surface area contributed by atoms with Crippen LogP contribution in [0.1, 0.15) is 30.9 Å². The molecular weight excluding hydrogens is 317 g/mol. The SMILES string of the molecule is CC(C)c1ccc([B]C=Cc2ccccc2)cc1.N#CCn1ccnc1. The fraction of sp³-hybridized carbons (Fsp3) is 0.182. The summed E-state index contributed by atoms with van der Waals surface area (Å²) in [6.07, 6.45) is 7.14. The van der Waals surface area contributed by atoms with Gasteiger partial charge in [-0.1, -0.05) is 80.0 Å². The summed E-state index contributed by atoms with van der Waals surface area (Å²) in [4.78, 5) is 3.75. The van der Waals surface area contributed by atoms with Crippen molar-refractivity contribution >= 4 is 18.8 Å². The molecule has 1 aromatic heterocycles. The summed E-state index contributed by atoms with van der Waals surface area (Å²) in [5.74, 6) is 2.69. The van der Waals surface area contributed by atoms with Gasteiger partial charge in [-0.15, -0.1) is 5.98 Å². The molecule has 0 unspecified atom stereocenters. The van der Waals surface area contributed by atoms with Crippen molar-refractivity contribution < 1.29 is 0 Å². The minimum Gasteiger partial charge on any atom is -0.324 e. The highest BCUT2D eigenvalue weighted by Crippen LogP contribution is 2.11. The second-order valence-corrected chi connectivity index (χ2v) is 6.15. The van der Waals surface area contributed by atoms with E-state index in [1.54, 1.807) is 23.3 Å². The number of aromatic nitrogens is 2. The highest BCUT2D eigenvalue weighted by atomic mass is 15.0. The summed E-state index contributed by atoms with van der Waals surface area (Å²) in [7, 11) is 2.14. The van der Waals surface area contributed by atoms with E-state index in [1.807, 2.05) is 12.1 Å². The average Bonchev–Trinajstić information content (AvgIpc) is 3.17. The van der Waals surface area contributed by atoms with Crippen LogP contribution >= 0.6 is 0 Å². The Morgan fingerprint density at radius 1 is 1.12 bits per heavy atom. The van der Waals surface area contributed by atoms with E-state index in [2.05, 4.69) is 86.7 Å². The predicted octanol–water partition coefficient (Wildman–Crippen LogP) is 4.22. The van der Waals surface area contributed by atoms with E-state index in [4.69, 9.17) is 5.26 Å². The topological polar surface area (TPSA) is 41.6 Å². The molecule has 0 atom stereocenters. The van der Waals surface area contributed by atoms with Crippen LogP contribution in [0.2, 0.25) is 0 Å². The molecular formula is C22H23BN3. The summed E-state index contributed by atoms with van der Waals surface area (Å²) in [5.41, 5.74) is 3.86. The first-order valence-corrected chi connectivity index (χ1v) is 8.68. The van der Waals surface area contributed by atoms with Crippen LogP contribution in [0.3, 0.4) is 0 Å². The normalized spacial score (nSPS) is 10.2. The molecule has 0 spiro atoms. The Morgan fingerprint density at radius 2 is 1.85 bits per heavy atom. The minimum atomic E-state index is 0.389. The number of hydrogen-bond donors (Lipinski definition) is 0. The van der Waals surface area contributed by atoms with Gasteiger partial charge in [0.15, 0.2) is 7.28 Å². The Balaban J connectivity index is 0.000000254. The standard InChI is InChI=1S/C17H18B.C5H5N3/c1-14(2)16-8-10-17(11-9-16)18-13-12-15-6-4-3-5-7-15;6-1-3-8-4-2-7-5-8/h3-14H,1-2H3;2,4-5H,3H2. The van der Waals surface area contributed by atoms with E-state index >= 15 is 0 Å². The largest absolute Gasteiger partial charge is 0.324 e. The predicted molar refractivity (Wildman–Crippen MR) is 109 cm³/mol. The maximum absolute atomic E-state index is 8.14. The van der Waals surface area contributed by atoms with Crippen molar-refractivity contribution in [1.82, 2.24) is 9.55 Å². The molecule has 0 saturated carbocycles. The first kappa shape index (κ1) is 19.3.